The minimum absolute atomic E-state index is 0.0494. The molecule has 1 saturated carbocycles. The van der Waals surface area contributed by atoms with E-state index in [1.54, 1.807) is 47.3 Å². The Morgan fingerprint density at radius 1 is 1.16 bits per heavy atom. The maximum absolute atomic E-state index is 12.8. The van der Waals surface area contributed by atoms with Crippen molar-refractivity contribution in [2.45, 2.75) is 32.6 Å². The largest absolute Gasteiger partial charge is 0.481 e. The summed E-state index contributed by atoms with van der Waals surface area (Å²) >= 11 is 0. The quantitative estimate of drug-likeness (QED) is 0.308. The van der Waals surface area contributed by atoms with Crippen molar-refractivity contribution in [2.24, 2.45) is 23.5 Å². The maximum atomic E-state index is 12.8. The Morgan fingerprint density at radius 2 is 1.81 bits per heavy atom. The van der Waals surface area contributed by atoms with Crippen LogP contribution in [0.2, 0.25) is 0 Å². The number of amidine groups is 1. The predicted octanol–water partition coefficient (Wildman–Crippen LogP) is 2.16. The van der Waals surface area contributed by atoms with Crippen molar-refractivity contribution in [3.8, 4) is 0 Å². The van der Waals surface area contributed by atoms with Crippen LogP contribution in [0.15, 0.2) is 42.6 Å². The molecule has 9 nitrogen and oxygen atoms in total. The van der Waals surface area contributed by atoms with Gasteiger partial charge in [-0.1, -0.05) is 6.92 Å². The first-order chi connectivity index (χ1) is 14.8. The number of nitrogens with zero attached hydrogens (tertiary/aromatic N) is 1. The molecule has 1 aromatic heterocycles. The van der Waals surface area contributed by atoms with E-state index in [0.717, 1.165) is 0 Å². The highest BCUT2D eigenvalue weighted by Crippen LogP contribution is 2.35. The third-order valence-electron chi connectivity index (χ3n) is 5.77. The zero-order chi connectivity index (χ0) is 22.5. The lowest BCUT2D eigenvalue weighted by Gasteiger charge is -2.34. The summed E-state index contributed by atoms with van der Waals surface area (Å²) < 4.78 is 1.54. The van der Waals surface area contributed by atoms with Crippen LogP contribution in [-0.2, 0) is 20.8 Å². The molecule has 1 aliphatic carbocycles. The summed E-state index contributed by atoms with van der Waals surface area (Å²) in [6, 6.07) is 10.2. The number of nitrogen functional groups attached to an aromatic ring is 1. The van der Waals surface area contributed by atoms with Crippen molar-refractivity contribution >= 4 is 29.3 Å². The van der Waals surface area contributed by atoms with E-state index in [-0.39, 0.29) is 17.6 Å². The summed E-state index contributed by atoms with van der Waals surface area (Å²) in [6.45, 7) is 1.82. The molecule has 2 amide bonds. The van der Waals surface area contributed by atoms with Gasteiger partial charge in [0.25, 0.3) is 0 Å². The second-order valence-electron chi connectivity index (χ2n) is 7.76. The molecule has 1 aliphatic rings. The zero-order valence-electron chi connectivity index (χ0n) is 17.3. The Kier molecular flexibility index (Phi) is 6.74. The number of carboxylic acids is 1. The van der Waals surface area contributed by atoms with E-state index in [1.807, 2.05) is 6.92 Å². The van der Waals surface area contributed by atoms with E-state index >= 15 is 0 Å². The van der Waals surface area contributed by atoms with Crippen LogP contribution in [0, 0.1) is 23.2 Å². The number of carbonyl (C=O) groups is 3. The number of rotatable bonds is 9. The lowest BCUT2D eigenvalue weighted by atomic mass is 9.72. The average molecular weight is 425 g/mol. The monoisotopic (exact) mass is 425 g/mol. The Balaban J connectivity index is 1.59. The molecule has 1 aromatic carbocycles. The Morgan fingerprint density at radius 3 is 2.35 bits per heavy atom. The van der Waals surface area contributed by atoms with E-state index in [9.17, 15) is 19.5 Å². The van der Waals surface area contributed by atoms with Gasteiger partial charge in [0.1, 0.15) is 5.84 Å². The smallest absolute Gasteiger partial charge is 0.306 e. The van der Waals surface area contributed by atoms with Crippen molar-refractivity contribution in [3.05, 3.63) is 53.9 Å². The number of carbonyl (C=O) groups excluding carboxylic acids is 2. The topological polar surface area (TPSA) is 150 Å². The highest BCUT2D eigenvalue weighted by Gasteiger charge is 2.41. The summed E-state index contributed by atoms with van der Waals surface area (Å²) in [6.07, 6.45) is 3.70. The van der Waals surface area contributed by atoms with Gasteiger partial charge in [-0.3, -0.25) is 29.9 Å². The molecule has 3 unspecified atom stereocenters. The number of aromatic nitrogens is 1. The van der Waals surface area contributed by atoms with E-state index < -0.39 is 23.7 Å². The summed E-state index contributed by atoms with van der Waals surface area (Å²) in [7, 11) is 0. The SMILES string of the molecule is CCC(Cc1cccn1NC(=O)C1CCC1C(=O)Nc1ccc(C(=N)N)cc1)C(=O)O. The van der Waals surface area contributed by atoms with E-state index in [2.05, 4.69) is 10.7 Å². The third-order valence-corrected chi connectivity index (χ3v) is 5.77. The molecule has 9 heteroatoms. The van der Waals surface area contributed by atoms with Gasteiger partial charge in [0.05, 0.1) is 11.8 Å². The van der Waals surface area contributed by atoms with Crippen LogP contribution in [0.3, 0.4) is 0 Å². The van der Waals surface area contributed by atoms with Crippen molar-refractivity contribution in [2.75, 3.05) is 10.7 Å². The number of amides is 2. The highest BCUT2D eigenvalue weighted by molar-refractivity contribution is 5.99. The molecule has 31 heavy (non-hydrogen) atoms. The highest BCUT2D eigenvalue weighted by atomic mass is 16.4. The Bertz CT molecular complexity index is 982. The van der Waals surface area contributed by atoms with Gasteiger partial charge in [-0.05, 0) is 55.7 Å². The molecule has 6 N–H and O–H groups in total. The van der Waals surface area contributed by atoms with Crippen LogP contribution in [0.4, 0.5) is 5.69 Å². The number of anilines is 1. The minimum Gasteiger partial charge on any atom is -0.481 e. The maximum Gasteiger partial charge on any atom is 0.306 e. The van der Waals surface area contributed by atoms with Crippen molar-refractivity contribution in [1.29, 1.82) is 5.41 Å². The minimum atomic E-state index is -0.867. The Hall–Kier alpha value is -3.62. The van der Waals surface area contributed by atoms with Gasteiger partial charge >= 0.3 is 5.97 Å². The first-order valence-corrected chi connectivity index (χ1v) is 10.2. The van der Waals surface area contributed by atoms with E-state index in [1.165, 1.54) is 0 Å². The summed E-state index contributed by atoms with van der Waals surface area (Å²) in [5, 5.41) is 19.5. The van der Waals surface area contributed by atoms with Crippen molar-refractivity contribution in [3.63, 3.8) is 0 Å². The fourth-order valence-electron chi connectivity index (χ4n) is 3.65. The van der Waals surface area contributed by atoms with Crippen LogP contribution < -0.4 is 16.5 Å². The number of hydrogen-bond acceptors (Lipinski definition) is 4. The molecule has 164 valence electrons. The van der Waals surface area contributed by atoms with Gasteiger partial charge in [-0.2, -0.15) is 0 Å². The number of aliphatic carboxylic acids is 1. The van der Waals surface area contributed by atoms with Crippen LogP contribution in [0.25, 0.3) is 0 Å². The molecular formula is C22H27N5O4. The van der Waals surface area contributed by atoms with Crippen LogP contribution in [-0.4, -0.2) is 33.4 Å². The molecule has 0 aliphatic heterocycles. The lowest BCUT2D eigenvalue weighted by molar-refractivity contribution is -0.141. The molecule has 0 bridgehead atoms. The fraction of sp³-hybridized carbons (Fsp3) is 0.364. The molecule has 1 heterocycles. The van der Waals surface area contributed by atoms with Crippen molar-refractivity contribution < 1.29 is 19.5 Å². The summed E-state index contributed by atoms with van der Waals surface area (Å²) in [4.78, 5) is 36.7. The number of nitrogens with one attached hydrogen (secondary N) is 3. The van der Waals surface area contributed by atoms with Crippen molar-refractivity contribution in [1.82, 2.24) is 4.68 Å². The van der Waals surface area contributed by atoms with Crippen LogP contribution in [0.5, 0.6) is 0 Å². The number of benzene rings is 1. The van der Waals surface area contributed by atoms with Gasteiger partial charge in [-0.15, -0.1) is 0 Å². The molecule has 0 radical (unpaired) electrons. The molecule has 0 spiro atoms. The Labute approximate surface area is 180 Å². The summed E-state index contributed by atoms with van der Waals surface area (Å²) in [5.41, 5.74) is 10.1. The third kappa shape index (κ3) is 5.11. The number of carboxylic acid groups (broad SMARTS) is 1. The zero-order valence-corrected chi connectivity index (χ0v) is 17.3. The predicted molar refractivity (Wildman–Crippen MR) is 116 cm³/mol. The van der Waals surface area contributed by atoms with Gasteiger partial charge < -0.3 is 16.2 Å². The molecule has 1 fully saturated rings. The first kappa shape index (κ1) is 22.1. The van der Waals surface area contributed by atoms with Crippen LogP contribution >= 0.6 is 0 Å². The number of hydrogen-bond donors (Lipinski definition) is 5. The fourth-order valence-corrected chi connectivity index (χ4v) is 3.65. The van der Waals surface area contributed by atoms with E-state index in [4.69, 9.17) is 11.1 Å². The molecule has 3 atom stereocenters. The molecule has 3 rings (SSSR count). The molecule has 2 aromatic rings. The van der Waals surface area contributed by atoms with Gasteiger partial charge in [0.15, 0.2) is 0 Å². The molecular weight excluding hydrogens is 398 g/mol. The van der Waals surface area contributed by atoms with E-state index in [0.29, 0.717) is 42.6 Å². The number of nitrogens with two attached hydrogens (primary N) is 1. The second kappa shape index (κ2) is 9.46. The molecule has 0 saturated heterocycles. The van der Waals surface area contributed by atoms with Gasteiger partial charge in [0, 0.05) is 35.5 Å². The van der Waals surface area contributed by atoms with Gasteiger partial charge in [0.2, 0.25) is 11.8 Å². The average Bonchev–Trinajstić information content (AvgIpc) is 3.11. The second-order valence-corrected chi connectivity index (χ2v) is 7.76. The van der Waals surface area contributed by atoms with Gasteiger partial charge in [-0.25, -0.2) is 0 Å². The standard InChI is InChI=1S/C22H27N5O4/c1-2-13(22(30)31)12-16-4-3-11-27(16)26-21(29)18-10-9-17(18)20(28)25-15-7-5-14(6-8-15)19(23)24/h3-8,11,13,17-18H,2,9-10,12H2,1H3,(H3,23,24)(H,25,28)(H,26,29)(H,30,31). The first-order valence-electron chi connectivity index (χ1n) is 10.2. The lowest BCUT2D eigenvalue weighted by Crippen LogP contribution is -2.45. The normalized spacial score (nSPS) is 18.5. The summed E-state index contributed by atoms with van der Waals surface area (Å²) in [5.74, 6) is -2.82. The van der Waals surface area contributed by atoms with Crippen LogP contribution in [0.1, 0.15) is 37.4 Å².